The molecule has 3 aliphatic rings. The summed E-state index contributed by atoms with van der Waals surface area (Å²) in [6.07, 6.45) is 1.33. The molecular weight excluding hydrogens is 414 g/mol. The van der Waals surface area contributed by atoms with Gasteiger partial charge in [-0.3, -0.25) is 29.4 Å². The number of imide groups is 2. The van der Waals surface area contributed by atoms with Gasteiger partial charge in [-0.1, -0.05) is 26.0 Å². The number of nitrogens with zero attached hydrogens (tertiary/aromatic N) is 2. The third-order valence-corrected chi connectivity index (χ3v) is 7.07. The molecule has 1 aromatic rings. The highest BCUT2D eigenvalue weighted by molar-refractivity contribution is 6.24. The molecule has 4 rings (SSSR count). The summed E-state index contributed by atoms with van der Waals surface area (Å²) in [6.45, 7) is 5.17. The van der Waals surface area contributed by atoms with E-state index >= 15 is 0 Å². The molecule has 3 heterocycles. The third-order valence-electron chi connectivity index (χ3n) is 7.07. The lowest BCUT2D eigenvalue weighted by Gasteiger charge is -2.40. The average molecular weight is 441 g/mol. The quantitative estimate of drug-likeness (QED) is 0.689. The van der Waals surface area contributed by atoms with E-state index in [0.717, 1.165) is 23.3 Å². The van der Waals surface area contributed by atoms with Crippen LogP contribution in [0.3, 0.4) is 0 Å². The number of rotatable bonds is 4. The molecule has 1 unspecified atom stereocenters. The molecule has 2 fully saturated rings. The number of amides is 5. The van der Waals surface area contributed by atoms with Crippen LogP contribution in [0.5, 0.6) is 0 Å². The van der Waals surface area contributed by atoms with Gasteiger partial charge >= 0.3 is 6.09 Å². The van der Waals surface area contributed by atoms with Gasteiger partial charge in [0.05, 0.1) is 11.1 Å². The van der Waals surface area contributed by atoms with Gasteiger partial charge in [0.25, 0.3) is 11.8 Å². The first-order valence-corrected chi connectivity index (χ1v) is 10.9. The van der Waals surface area contributed by atoms with Gasteiger partial charge in [-0.2, -0.15) is 0 Å². The van der Waals surface area contributed by atoms with Gasteiger partial charge in [-0.15, -0.1) is 0 Å². The van der Waals surface area contributed by atoms with Gasteiger partial charge in [0.15, 0.2) is 0 Å². The largest absolute Gasteiger partial charge is 0.465 e. The second kappa shape index (κ2) is 8.03. The molecule has 0 aliphatic carbocycles. The van der Waals surface area contributed by atoms with Gasteiger partial charge in [0.2, 0.25) is 11.8 Å². The number of nitrogens with one attached hydrogen (secondary N) is 1. The fraction of sp³-hybridized carbons (Fsp3) is 0.522. The summed E-state index contributed by atoms with van der Waals surface area (Å²) in [5, 5.41) is 11.4. The van der Waals surface area contributed by atoms with E-state index in [4.69, 9.17) is 0 Å². The van der Waals surface area contributed by atoms with Gasteiger partial charge in [0.1, 0.15) is 6.04 Å². The Labute approximate surface area is 185 Å². The minimum atomic E-state index is -0.985. The Kier molecular flexibility index (Phi) is 5.52. The number of carbonyl (C=O) groups excluding carboxylic acids is 4. The van der Waals surface area contributed by atoms with Gasteiger partial charge in [0, 0.05) is 19.5 Å². The monoisotopic (exact) mass is 441 g/mol. The standard InChI is InChI=1S/C23H27N3O6/c1-23(2,14-8-10-25(11-9-14)22(31)32)12-13-4-3-5-15-18(13)21(30)26(20(15)29)16-6-7-17(27)24-19(16)28/h3-5,14,16H,6-12H2,1-2H3,(H,31,32)(H,24,27,28). The smallest absolute Gasteiger partial charge is 0.407 e. The molecule has 2 saturated heterocycles. The van der Waals surface area contributed by atoms with Crippen molar-refractivity contribution in [2.75, 3.05) is 13.1 Å². The van der Waals surface area contributed by atoms with Crippen LogP contribution in [0, 0.1) is 11.3 Å². The van der Waals surface area contributed by atoms with Crippen molar-refractivity contribution in [1.29, 1.82) is 0 Å². The Hall–Kier alpha value is -3.23. The van der Waals surface area contributed by atoms with E-state index < -0.39 is 35.8 Å². The molecule has 9 nitrogen and oxygen atoms in total. The molecule has 0 aromatic heterocycles. The Morgan fingerprint density at radius 1 is 1.09 bits per heavy atom. The maximum atomic E-state index is 13.3. The predicted octanol–water partition coefficient (Wildman–Crippen LogP) is 2.05. The van der Waals surface area contributed by atoms with Crippen molar-refractivity contribution in [2.24, 2.45) is 11.3 Å². The van der Waals surface area contributed by atoms with Gasteiger partial charge in [-0.25, -0.2) is 4.79 Å². The Morgan fingerprint density at radius 2 is 1.78 bits per heavy atom. The SMILES string of the molecule is CC(C)(Cc1cccc2c1C(=O)N(C1CCC(=O)NC1=O)C2=O)C1CCN(C(=O)O)CC1. The summed E-state index contributed by atoms with van der Waals surface area (Å²) in [5.74, 6) is -1.75. The van der Waals surface area contributed by atoms with Crippen LogP contribution in [-0.4, -0.2) is 63.8 Å². The van der Waals surface area contributed by atoms with Gasteiger partial charge < -0.3 is 10.0 Å². The molecular formula is C23H27N3O6. The third kappa shape index (κ3) is 3.76. The minimum absolute atomic E-state index is 0.0821. The molecule has 1 aromatic carbocycles. The normalized spacial score (nSPS) is 22.2. The van der Waals surface area contributed by atoms with Crippen molar-refractivity contribution in [3.8, 4) is 0 Å². The number of piperidine rings is 2. The second-order valence-corrected chi connectivity index (χ2v) is 9.50. The van der Waals surface area contributed by atoms with E-state index in [1.54, 1.807) is 12.1 Å². The van der Waals surface area contributed by atoms with Crippen molar-refractivity contribution in [3.63, 3.8) is 0 Å². The molecule has 2 N–H and O–H groups in total. The number of carbonyl (C=O) groups is 5. The van der Waals surface area contributed by atoms with Crippen LogP contribution in [0.4, 0.5) is 4.79 Å². The Morgan fingerprint density at radius 3 is 2.41 bits per heavy atom. The predicted molar refractivity (Wildman–Crippen MR) is 113 cm³/mol. The first-order valence-electron chi connectivity index (χ1n) is 10.9. The Bertz CT molecular complexity index is 1010. The topological polar surface area (TPSA) is 124 Å². The van der Waals surface area contributed by atoms with Crippen LogP contribution in [0.15, 0.2) is 18.2 Å². The fourth-order valence-electron chi connectivity index (χ4n) is 5.22. The van der Waals surface area contributed by atoms with E-state index in [1.807, 2.05) is 6.07 Å². The summed E-state index contributed by atoms with van der Waals surface area (Å²) in [5.41, 5.74) is 1.15. The van der Waals surface area contributed by atoms with E-state index in [2.05, 4.69) is 19.2 Å². The highest BCUT2D eigenvalue weighted by Crippen LogP contribution is 2.40. The van der Waals surface area contributed by atoms with Crippen molar-refractivity contribution in [3.05, 3.63) is 34.9 Å². The number of likely N-dealkylation sites (tertiary alicyclic amines) is 1. The minimum Gasteiger partial charge on any atom is -0.465 e. The van der Waals surface area contributed by atoms with Crippen molar-refractivity contribution >= 4 is 29.7 Å². The molecule has 1 atom stereocenters. The van der Waals surface area contributed by atoms with E-state index in [-0.39, 0.29) is 29.7 Å². The maximum absolute atomic E-state index is 13.3. The summed E-state index contributed by atoms with van der Waals surface area (Å²) in [7, 11) is 0. The molecule has 3 aliphatic heterocycles. The lowest BCUT2D eigenvalue weighted by molar-refractivity contribution is -0.136. The number of benzene rings is 1. The molecule has 170 valence electrons. The zero-order valence-corrected chi connectivity index (χ0v) is 18.2. The second-order valence-electron chi connectivity index (χ2n) is 9.50. The molecule has 0 saturated carbocycles. The average Bonchev–Trinajstić information content (AvgIpc) is 2.99. The molecule has 32 heavy (non-hydrogen) atoms. The number of hydrogen-bond acceptors (Lipinski definition) is 5. The molecule has 5 amide bonds. The van der Waals surface area contributed by atoms with Crippen LogP contribution >= 0.6 is 0 Å². The lowest BCUT2D eigenvalue weighted by atomic mass is 9.69. The van der Waals surface area contributed by atoms with E-state index in [9.17, 15) is 29.1 Å². The molecule has 0 spiro atoms. The highest BCUT2D eigenvalue weighted by Gasteiger charge is 2.46. The van der Waals surface area contributed by atoms with Gasteiger partial charge in [-0.05, 0) is 48.6 Å². The van der Waals surface area contributed by atoms with Crippen LogP contribution in [0.1, 0.15) is 65.8 Å². The number of fused-ring (bicyclic) bond motifs is 1. The number of carboxylic acid groups (broad SMARTS) is 1. The van der Waals surface area contributed by atoms with Crippen molar-refractivity contribution in [2.45, 2.75) is 52.0 Å². The molecule has 0 radical (unpaired) electrons. The summed E-state index contributed by atoms with van der Waals surface area (Å²) in [4.78, 5) is 63.7. The first kappa shape index (κ1) is 22.0. The van der Waals surface area contributed by atoms with E-state index in [1.165, 1.54) is 4.90 Å². The maximum Gasteiger partial charge on any atom is 0.407 e. The zero-order chi connectivity index (χ0) is 23.2. The fourth-order valence-corrected chi connectivity index (χ4v) is 5.22. The zero-order valence-electron chi connectivity index (χ0n) is 18.2. The van der Waals surface area contributed by atoms with Crippen molar-refractivity contribution < 1.29 is 29.1 Å². The summed E-state index contributed by atoms with van der Waals surface area (Å²) >= 11 is 0. The van der Waals surface area contributed by atoms with Crippen LogP contribution in [0.2, 0.25) is 0 Å². The van der Waals surface area contributed by atoms with Crippen LogP contribution in [-0.2, 0) is 16.0 Å². The summed E-state index contributed by atoms with van der Waals surface area (Å²) < 4.78 is 0. The van der Waals surface area contributed by atoms with Crippen LogP contribution in [0.25, 0.3) is 0 Å². The van der Waals surface area contributed by atoms with E-state index in [0.29, 0.717) is 25.1 Å². The lowest BCUT2D eigenvalue weighted by Crippen LogP contribution is -2.54. The first-order chi connectivity index (χ1) is 15.1. The number of hydrogen-bond donors (Lipinski definition) is 2. The van der Waals surface area contributed by atoms with Crippen molar-refractivity contribution in [1.82, 2.24) is 15.1 Å². The molecule has 0 bridgehead atoms. The molecule has 9 heteroatoms. The highest BCUT2D eigenvalue weighted by atomic mass is 16.4. The van der Waals surface area contributed by atoms with Crippen LogP contribution < -0.4 is 5.32 Å². The Balaban J connectivity index is 1.56. The summed E-state index contributed by atoms with van der Waals surface area (Å²) in [6, 6.07) is 4.20.